The highest BCUT2D eigenvalue weighted by Gasteiger charge is 2.43. The number of amides is 1. The summed E-state index contributed by atoms with van der Waals surface area (Å²) in [5.74, 6) is 1.24. The Morgan fingerprint density at radius 1 is 1.40 bits per heavy atom. The minimum atomic E-state index is -3.24. The van der Waals surface area contributed by atoms with Crippen molar-refractivity contribution in [1.29, 1.82) is 0 Å². The number of carbonyl (C=O) groups excluding carboxylic acids is 1. The molecule has 20 heavy (non-hydrogen) atoms. The first-order valence-corrected chi connectivity index (χ1v) is 10.1. The fraction of sp³-hybridized carbons (Fsp3) is 0.923. The van der Waals surface area contributed by atoms with E-state index in [1.165, 1.54) is 6.26 Å². The van der Waals surface area contributed by atoms with Crippen molar-refractivity contribution < 1.29 is 13.2 Å². The van der Waals surface area contributed by atoms with Crippen molar-refractivity contribution in [2.45, 2.75) is 38.1 Å². The van der Waals surface area contributed by atoms with Crippen LogP contribution in [-0.4, -0.2) is 61.5 Å². The summed E-state index contributed by atoms with van der Waals surface area (Å²) in [7, 11) is -3.24. The second-order valence-corrected chi connectivity index (χ2v) is 9.72. The van der Waals surface area contributed by atoms with Crippen LogP contribution in [0.3, 0.4) is 0 Å². The third kappa shape index (κ3) is 3.31. The van der Waals surface area contributed by atoms with Gasteiger partial charge < -0.3 is 10.2 Å². The van der Waals surface area contributed by atoms with Gasteiger partial charge in [-0.15, -0.1) is 0 Å². The molecule has 1 amide bonds. The van der Waals surface area contributed by atoms with Crippen LogP contribution in [-0.2, 0) is 14.6 Å². The molecule has 0 saturated carbocycles. The molecule has 0 bridgehead atoms. The van der Waals surface area contributed by atoms with Crippen molar-refractivity contribution in [3.63, 3.8) is 0 Å². The fourth-order valence-corrected chi connectivity index (χ4v) is 5.81. The molecule has 2 heterocycles. The maximum absolute atomic E-state index is 12.8. The highest BCUT2D eigenvalue weighted by Crippen LogP contribution is 2.32. The number of hydrogen-bond acceptors (Lipinski definition) is 5. The first-order chi connectivity index (χ1) is 9.23. The maximum atomic E-state index is 12.8. The Labute approximate surface area is 125 Å². The van der Waals surface area contributed by atoms with Crippen LogP contribution in [0.4, 0.5) is 0 Å². The lowest BCUT2D eigenvalue weighted by Gasteiger charge is -2.43. The highest BCUT2D eigenvalue weighted by molar-refractivity contribution is 8.00. The minimum absolute atomic E-state index is 0.0505. The topological polar surface area (TPSA) is 66.5 Å². The zero-order valence-electron chi connectivity index (χ0n) is 12.4. The largest absolute Gasteiger partial charge is 0.323 e. The Bertz CT molecular complexity index is 476. The summed E-state index contributed by atoms with van der Waals surface area (Å²) in [6.45, 7) is 5.51. The van der Waals surface area contributed by atoms with Gasteiger partial charge >= 0.3 is 0 Å². The molecule has 2 aliphatic heterocycles. The first kappa shape index (κ1) is 16.1. The van der Waals surface area contributed by atoms with Gasteiger partial charge in [0.25, 0.3) is 0 Å². The van der Waals surface area contributed by atoms with Crippen LogP contribution in [0.15, 0.2) is 0 Å². The molecule has 7 heteroatoms. The molecule has 0 aliphatic carbocycles. The SMILES string of the molecule is CC1(C)CCCNC1C(=O)N1CCSCC1S(C)(=O)=O. The molecule has 2 saturated heterocycles. The van der Waals surface area contributed by atoms with Crippen LogP contribution < -0.4 is 5.32 Å². The fourth-order valence-electron chi connectivity index (χ4n) is 2.99. The van der Waals surface area contributed by atoms with E-state index in [0.29, 0.717) is 12.3 Å². The molecular formula is C13H24N2O3S2. The summed E-state index contributed by atoms with van der Waals surface area (Å²) >= 11 is 1.60. The Morgan fingerprint density at radius 2 is 2.10 bits per heavy atom. The van der Waals surface area contributed by atoms with Crippen LogP contribution in [0.2, 0.25) is 0 Å². The van der Waals surface area contributed by atoms with Crippen molar-refractivity contribution in [1.82, 2.24) is 10.2 Å². The standard InChI is InChI=1S/C13H24N2O3S2/c1-13(2)5-4-6-14-11(13)12(16)15-7-8-19-9-10(15)20(3,17)18/h10-11,14H,4-9H2,1-3H3. The number of rotatable bonds is 2. The summed E-state index contributed by atoms with van der Waals surface area (Å²) in [4.78, 5) is 14.4. The molecule has 2 fully saturated rings. The van der Waals surface area contributed by atoms with Gasteiger partial charge in [0.05, 0.1) is 6.04 Å². The first-order valence-electron chi connectivity index (χ1n) is 7.04. The van der Waals surface area contributed by atoms with Crippen LogP contribution in [0.5, 0.6) is 0 Å². The molecule has 5 nitrogen and oxygen atoms in total. The van der Waals surface area contributed by atoms with Crippen LogP contribution in [0.1, 0.15) is 26.7 Å². The predicted molar refractivity (Wildman–Crippen MR) is 82.5 cm³/mol. The number of piperidine rings is 1. The molecule has 2 unspecified atom stereocenters. The summed E-state index contributed by atoms with van der Waals surface area (Å²) < 4.78 is 23.8. The van der Waals surface area contributed by atoms with Crippen molar-refractivity contribution in [3.05, 3.63) is 0 Å². The van der Waals surface area contributed by atoms with E-state index in [-0.39, 0.29) is 17.4 Å². The van der Waals surface area contributed by atoms with Crippen molar-refractivity contribution >= 4 is 27.5 Å². The smallest absolute Gasteiger partial charge is 0.241 e. The second-order valence-electron chi connectivity index (χ2n) is 6.37. The van der Waals surface area contributed by atoms with E-state index in [1.807, 2.05) is 0 Å². The molecule has 1 N–H and O–H groups in total. The van der Waals surface area contributed by atoms with Crippen LogP contribution in [0.25, 0.3) is 0 Å². The molecular weight excluding hydrogens is 296 g/mol. The van der Waals surface area contributed by atoms with Gasteiger partial charge in [0.15, 0.2) is 9.84 Å². The lowest BCUT2D eigenvalue weighted by atomic mass is 9.77. The van der Waals surface area contributed by atoms with E-state index in [4.69, 9.17) is 0 Å². The van der Waals surface area contributed by atoms with Crippen molar-refractivity contribution in [2.24, 2.45) is 5.41 Å². The molecule has 0 spiro atoms. The van der Waals surface area contributed by atoms with Gasteiger partial charge in [-0.3, -0.25) is 4.79 Å². The third-order valence-corrected chi connectivity index (χ3v) is 6.88. The molecule has 2 aliphatic rings. The van der Waals surface area contributed by atoms with E-state index < -0.39 is 15.2 Å². The monoisotopic (exact) mass is 320 g/mol. The number of nitrogens with one attached hydrogen (secondary N) is 1. The van der Waals surface area contributed by atoms with Gasteiger partial charge in [0, 0.05) is 24.3 Å². The van der Waals surface area contributed by atoms with Gasteiger partial charge in [-0.25, -0.2) is 8.42 Å². The molecule has 2 atom stereocenters. The molecule has 0 aromatic carbocycles. The quantitative estimate of drug-likeness (QED) is 0.812. The van der Waals surface area contributed by atoms with E-state index >= 15 is 0 Å². The number of carbonyl (C=O) groups is 1. The van der Waals surface area contributed by atoms with Crippen molar-refractivity contribution in [3.8, 4) is 0 Å². The zero-order chi connectivity index (χ0) is 15.0. The summed E-state index contributed by atoms with van der Waals surface area (Å²) in [5.41, 5.74) is -0.123. The third-order valence-electron chi connectivity index (χ3n) is 4.24. The van der Waals surface area contributed by atoms with Gasteiger partial charge in [0.2, 0.25) is 5.91 Å². The number of hydrogen-bond donors (Lipinski definition) is 1. The Morgan fingerprint density at radius 3 is 2.70 bits per heavy atom. The number of sulfone groups is 1. The summed E-state index contributed by atoms with van der Waals surface area (Å²) in [6, 6.07) is -0.274. The summed E-state index contributed by atoms with van der Waals surface area (Å²) in [6.07, 6.45) is 3.27. The van der Waals surface area contributed by atoms with Gasteiger partial charge in [0.1, 0.15) is 5.37 Å². The number of nitrogens with zero attached hydrogens (tertiary/aromatic N) is 1. The number of thioether (sulfide) groups is 1. The van der Waals surface area contributed by atoms with Gasteiger partial charge in [-0.2, -0.15) is 11.8 Å². The van der Waals surface area contributed by atoms with E-state index in [1.54, 1.807) is 16.7 Å². The Kier molecular flexibility index (Phi) is 4.71. The summed E-state index contributed by atoms with van der Waals surface area (Å²) in [5, 5.41) is 2.61. The van der Waals surface area contributed by atoms with E-state index in [0.717, 1.165) is 25.1 Å². The lowest BCUT2D eigenvalue weighted by molar-refractivity contribution is -0.137. The zero-order valence-corrected chi connectivity index (χ0v) is 14.0. The second kappa shape index (κ2) is 5.85. The molecule has 0 radical (unpaired) electrons. The highest BCUT2D eigenvalue weighted by atomic mass is 32.2. The van der Waals surface area contributed by atoms with Crippen LogP contribution in [0, 0.1) is 5.41 Å². The Hall–Kier alpha value is -0.270. The van der Waals surface area contributed by atoms with Crippen LogP contribution >= 0.6 is 11.8 Å². The minimum Gasteiger partial charge on any atom is -0.323 e. The Balaban J connectivity index is 2.21. The maximum Gasteiger partial charge on any atom is 0.241 e. The lowest BCUT2D eigenvalue weighted by Crippen LogP contribution is -2.61. The molecule has 116 valence electrons. The average Bonchev–Trinajstić information content (AvgIpc) is 2.36. The molecule has 0 aromatic heterocycles. The molecule has 2 rings (SSSR count). The van der Waals surface area contributed by atoms with Crippen molar-refractivity contribution in [2.75, 3.05) is 30.9 Å². The van der Waals surface area contributed by atoms with Gasteiger partial charge in [-0.1, -0.05) is 13.8 Å². The van der Waals surface area contributed by atoms with Gasteiger partial charge in [-0.05, 0) is 24.8 Å². The normalized spacial score (nSPS) is 31.1. The predicted octanol–water partition coefficient (Wildman–Crippen LogP) is 0.711. The van der Waals surface area contributed by atoms with E-state index in [2.05, 4.69) is 19.2 Å². The van der Waals surface area contributed by atoms with E-state index in [9.17, 15) is 13.2 Å². The molecule has 0 aromatic rings. The average molecular weight is 320 g/mol.